The number of halogens is 1. The molecule has 0 saturated carbocycles. The first kappa shape index (κ1) is 13.5. The molecule has 2 rings (SSSR count). The van der Waals surface area contributed by atoms with Crippen molar-refractivity contribution in [2.45, 2.75) is 6.04 Å². The first-order chi connectivity index (χ1) is 9.06. The van der Waals surface area contributed by atoms with Crippen molar-refractivity contribution in [3.05, 3.63) is 57.4 Å². The van der Waals surface area contributed by atoms with Crippen LogP contribution in [0.1, 0.15) is 11.6 Å². The van der Waals surface area contributed by atoms with E-state index in [1.807, 2.05) is 6.07 Å². The summed E-state index contributed by atoms with van der Waals surface area (Å²) < 4.78 is 0. The molecule has 1 aliphatic rings. The van der Waals surface area contributed by atoms with Crippen molar-refractivity contribution >= 4 is 22.0 Å². The Kier molecular flexibility index (Phi) is 3.84. The van der Waals surface area contributed by atoms with E-state index in [1.54, 1.807) is 24.3 Å². The van der Waals surface area contributed by atoms with Crippen LogP contribution in [0.3, 0.4) is 0 Å². The SMILES string of the molecule is CN1C(=O)NC(c2ccccc2)C([N+](=O)[O-])=C1CBr. The molecule has 0 fully saturated rings. The van der Waals surface area contributed by atoms with Crippen LogP contribution in [0.25, 0.3) is 0 Å². The number of nitrogens with one attached hydrogen (secondary N) is 1. The number of nitrogens with zero attached hydrogens (tertiary/aromatic N) is 2. The van der Waals surface area contributed by atoms with Crippen molar-refractivity contribution in [3.63, 3.8) is 0 Å². The second kappa shape index (κ2) is 5.40. The molecular formula is C12H12BrN3O3. The highest BCUT2D eigenvalue weighted by Crippen LogP contribution is 2.30. The normalized spacial score (nSPS) is 19.4. The van der Waals surface area contributed by atoms with Crippen LogP contribution in [-0.2, 0) is 0 Å². The van der Waals surface area contributed by atoms with Gasteiger partial charge >= 0.3 is 6.03 Å². The van der Waals surface area contributed by atoms with E-state index < -0.39 is 11.0 Å². The van der Waals surface area contributed by atoms with Crippen LogP contribution in [-0.4, -0.2) is 28.2 Å². The maximum atomic E-state index is 11.9. The van der Waals surface area contributed by atoms with E-state index in [0.29, 0.717) is 11.3 Å². The van der Waals surface area contributed by atoms with E-state index in [1.165, 1.54) is 11.9 Å². The molecule has 2 amide bonds. The topological polar surface area (TPSA) is 75.5 Å². The number of benzene rings is 1. The van der Waals surface area contributed by atoms with Crippen molar-refractivity contribution in [3.8, 4) is 0 Å². The molecule has 100 valence electrons. The molecule has 0 saturated heterocycles. The number of rotatable bonds is 3. The highest BCUT2D eigenvalue weighted by Gasteiger charge is 2.39. The number of amides is 2. The molecule has 1 aromatic rings. The quantitative estimate of drug-likeness (QED) is 0.526. The van der Waals surface area contributed by atoms with Crippen LogP contribution < -0.4 is 5.32 Å². The van der Waals surface area contributed by atoms with E-state index >= 15 is 0 Å². The summed E-state index contributed by atoms with van der Waals surface area (Å²) in [7, 11) is 1.51. The zero-order chi connectivity index (χ0) is 14.0. The molecule has 0 aromatic heterocycles. The molecule has 1 heterocycles. The van der Waals surface area contributed by atoms with Crippen molar-refractivity contribution in [1.29, 1.82) is 0 Å². The summed E-state index contributed by atoms with van der Waals surface area (Å²) in [5.41, 5.74) is 1.04. The van der Waals surface area contributed by atoms with Crippen LogP contribution in [0.5, 0.6) is 0 Å². The highest BCUT2D eigenvalue weighted by atomic mass is 79.9. The van der Waals surface area contributed by atoms with E-state index in [9.17, 15) is 14.9 Å². The number of allylic oxidation sites excluding steroid dienone is 1. The number of urea groups is 1. The molecule has 1 N–H and O–H groups in total. The summed E-state index contributed by atoms with van der Waals surface area (Å²) in [6.45, 7) is 0. The van der Waals surface area contributed by atoms with Gasteiger partial charge in [-0.25, -0.2) is 4.79 Å². The van der Waals surface area contributed by atoms with Gasteiger partial charge in [0, 0.05) is 7.05 Å². The summed E-state index contributed by atoms with van der Waals surface area (Å²) in [5.74, 6) is 0. The number of nitro groups is 1. The smallest absolute Gasteiger partial charge is 0.321 e. The third kappa shape index (κ3) is 2.46. The van der Waals surface area contributed by atoms with Crippen LogP contribution in [0, 0.1) is 10.1 Å². The summed E-state index contributed by atoms with van der Waals surface area (Å²) in [6, 6.07) is 7.82. The van der Waals surface area contributed by atoms with Gasteiger partial charge in [0.2, 0.25) is 0 Å². The predicted octanol–water partition coefficient (Wildman–Crippen LogP) is 2.27. The van der Waals surface area contributed by atoms with Crippen molar-refractivity contribution in [1.82, 2.24) is 10.2 Å². The molecule has 0 radical (unpaired) electrons. The Bertz CT molecular complexity index is 544. The van der Waals surface area contributed by atoms with Gasteiger partial charge in [-0.05, 0) is 5.56 Å². The van der Waals surface area contributed by atoms with Gasteiger partial charge in [-0.15, -0.1) is 0 Å². The Balaban J connectivity index is 2.56. The lowest BCUT2D eigenvalue weighted by atomic mass is 10.0. The zero-order valence-electron chi connectivity index (χ0n) is 10.2. The second-order valence-corrected chi connectivity index (χ2v) is 4.64. The number of hydrogen-bond donors (Lipinski definition) is 1. The first-order valence-electron chi connectivity index (χ1n) is 5.58. The Hall–Kier alpha value is -1.89. The lowest BCUT2D eigenvalue weighted by Crippen LogP contribution is -2.46. The van der Waals surface area contributed by atoms with Gasteiger partial charge in [0.15, 0.2) is 0 Å². The predicted molar refractivity (Wildman–Crippen MR) is 73.3 cm³/mol. The van der Waals surface area contributed by atoms with Gasteiger partial charge in [-0.2, -0.15) is 0 Å². The largest absolute Gasteiger partial charge is 0.322 e. The fourth-order valence-corrected chi connectivity index (χ4v) is 2.67. The van der Waals surface area contributed by atoms with Crippen molar-refractivity contribution < 1.29 is 9.72 Å². The molecule has 0 spiro atoms. The fraction of sp³-hybridized carbons (Fsp3) is 0.250. The monoisotopic (exact) mass is 325 g/mol. The minimum absolute atomic E-state index is 0.00910. The minimum atomic E-state index is -0.729. The Morgan fingerprint density at radius 3 is 2.58 bits per heavy atom. The third-order valence-electron chi connectivity index (χ3n) is 3.00. The molecule has 6 nitrogen and oxygen atoms in total. The zero-order valence-corrected chi connectivity index (χ0v) is 11.8. The molecule has 1 aromatic carbocycles. The van der Waals surface area contributed by atoms with Gasteiger partial charge in [-0.3, -0.25) is 15.0 Å². The molecule has 1 unspecified atom stereocenters. The highest BCUT2D eigenvalue weighted by molar-refractivity contribution is 9.09. The van der Waals surface area contributed by atoms with E-state index in [2.05, 4.69) is 21.2 Å². The third-order valence-corrected chi connectivity index (χ3v) is 3.53. The van der Waals surface area contributed by atoms with Gasteiger partial charge in [-0.1, -0.05) is 46.3 Å². The molecule has 0 bridgehead atoms. The van der Waals surface area contributed by atoms with Crippen LogP contribution in [0.15, 0.2) is 41.7 Å². The lowest BCUT2D eigenvalue weighted by molar-refractivity contribution is -0.433. The summed E-state index contributed by atoms with van der Waals surface area (Å²) in [6.07, 6.45) is 0. The average molecular weight is 326 g/mol. The van der Waals surface area contributed by atoms with E-state index in [0.717, 1.165) is 0 Å². The van der Waals surface area contributed by atoms with Crippen LogP contribution >= 0.6 is 15.9 Å². The summed E-state index contributed by atoms with van der Waals surface area (Å²) >= 11 is 3.20. The standard InChI is InChI=1S/C12H12BrN3O3/c1-15-9(7-13)11(16(18)19)10(14-12(15)17)8-5-3-2-4-6-8/h2-6,10H,7H2,1H3,(H,14,17). The lowest BCUT2D eigenvalue weighted by Gasteiger charge is -2.30. The molecule has 1 atom stereocenters. The second-order valence-electron chi connectivity index (χ2n) is 4.07. The molecule has 19 heavy (non-hydrogen) atoms. The maximum absolute atomic E-state index is 11.9. The Morgan fingerprint density at radius 1 is 1.42 bits per heavy atom. The van der Waals surface area contributed by atoms with E-state index in [-0.39, 0.29) is 17.1 Å². The average Bonchev–Trinajstić information content (AvgIpc) is 2.41. The van der Waals surface area contributed by atoms with Crippen LogP contribution in [0.4, 0.5) is 4.79 Å². The summed E-state index contributed by atoms with van der Waals surface area (Å²) in [4.78, 5) is 24.0. The van der Waals surface area contributed by atoms with Gasteiger partial charge in [0.1, 0.15) is 11.7 Å². The summed E-state index contributed by atoms with van der Waals surface area (Å²) in [5, 5.41) is 14.2. The molecule has 7 heteroatoms. The van der Waals surface area contributed by atoms with Gasteiger partial charge < -0.3 is 5.32 Å². The fourth-order valence-electron chi connectivity index (χ4n) is 2.01. The number of carbonyl (C=O) groups excluding carboxylic acids is 1. The first-order valence-corrected chi connectivity index (χ1v) is 6.71. The van der Waals surface area contributed by atoms with Crippen molar-refractivity contribution in [2.75, 3.05) is 12.4 Å². The van der Waals surface area contributed by atoms with Crippen molar-refractivity contribution in [2.24, 2.45) is 0 Å². The number of hydrogen-bond acceptors (Lipinski definition) is 3. The van der Waals surface area contributed by atoms with E-state index in [4.69, 9.17) is 0 Å². The Morgan fingerprint density at radius 2 is 2.05 bits per heavy atom. The number of alkyl halides is 1. The van der Waals surface area contributed by atoms with Crippen LogP contribution in [0.2, 0.25) is 0 Å². The molecule has 1 aliphatic heterocycles. The minimum Gasteiger partial charge on any atom is -0.321 e. The molecule has 0 aliphatic carbocycles. The Labute approximate surface area is 118 Å². The molecular weight excluding hydrogens is 314 g/mol. The maximum Gasteiger partial charge on any atom is 0.322 e. The van der Waals surface area contributed by atoms with Gasteiger partial charge in [0.25, 0.3) is 5.70 Å². The number of carbonyl (C=O) groups is 1. The van der Waals surface area contributed by atoms with Gasteiger partial charge in [0.05, 0.1) is 10.3 Å².